The van der Waals surface area contributed by atoms with Crippen LogP contribution >= 0.6 is 11.3 Å². The first kappa shape index (κ1) is 13.3. The Labute approximate surface area is 123 Å². The second-order valence-electron chi connectivity index (χ2n) is 5.26. The Morgan fingerprint density at radius 1 is 1.30 bits per heavy atom. The molecule has 2 heterocycles. The Morgan fingerprint density at radius 2 is 2.15 bits per heavy atom. The van der Waals surface area contributed by atoms with Gasteiger partial charge in [-0.25, -0.2) is 4.98 Å². The molecule has 2 aromatic heterocycles. The third kappa shape index (κ3) is 2.76. The van der Waals surface area contributed by atoms with Crippen LogP contribution in [0, 0.1) is 12.8 Å². The largest absolute Gasteiger partial charge is 0.330 e. The van der Waals surface area contributed by atoms with E-state index in [9.17, 15) is 0 Å². The number of hydrogen-bond donors (Lipinski definition) is 1. The highest BCUT2D eigenvalue weighted by Gasteiger charge is 2.13. The third-order valence-corrected chi connectivity index (χ3v) is 4.51. The molecule has 0 bridgehead atoms. The van der Waals surface area contributed by atoms with Gasteiger partial charge in [0.1, 0.15) is 0 Å². The van der Waals surface area contributed by atoms with Crippen LogP contribution in [0.2, 0.25) is 0 Å². The van der Waals surface area contributed by atoms with Gasteiger partial charge in [0, 0.05) is 17.8 Å². The third-order valence-electron chi connectivity index (χ3n) is 3.74. The molecule has 1 atom stereocenters. The molecule has 0 fully saturated rings. The molecule has 20 heavy (non-hydrogen) atoms. The molecule has 4 heteroatoms. The second-order valence-corrected chi connectivity index (χ2v) is 6.13. The smallest absolute Gasteiger partial charge is 0.193 e. The van der Waals surface area contributed by atoms with Gasteiger partial charge in [-0.3, -0.25) is 4.40 Å². The van der Waals surface area contributed by atoms with Gasteiger partial charge in [-0.1, -0.05) is 24.3 Å². The zero-order valence-electron chi connectivity index (χ0n) is 11.6. The minimum absolute atomic E-state index is 0.445. The number of nitrogens with zero attached hydrogens (tertiary/aromatic N) is 2. The van der Waals surface area contributed by atoms with E-state index in [2.05, 4.69) is 58.3 Å². The Hall–Kier alpha value is -1.65. The fourth-order valence-corrected chi connectivity index (χ4v) is 3.28. The van der Waals surface area contributed by atoms with E-state index in [1.165, 1.54) is 11.1 Å². The van der Waals surface area contributed by atoms with E-state index in [-0.39, 0.29) is 0 Å². The number of rotatable bonds is 5. The summed E-state index contributed by atoms with van der Waals surface area (Å²) in [5, 5.41) is 2.06. The summed E-state index contributed by atoms with van der Waals surface area (Å²) in [6, 6.07) is 8.54. The summed E-state index contributed by atoms with van der Waals surface area (Å²) in [4.78, 5) is 5.71. The van der Waals surface area contributed by atoms with Crippen molar-refractivity contribution in [1.82, 2.24) is 9.38 Å². The van der Waals surface area contributed by atoms with Crippen LogP contribution in [0.4, 0.5) is 0 Å². The lowest BCUT2D eigenvalue weighted by Gasteiger charge is -2.15. The second kappa shape index (κ2) is 5.77. The Balaban J connectivity index is 1.74. The number of benzene rings is 1. The molecular formula is C16H19N3S. The predicted molar refractivity (Wildman–Crippen MR) is 84.2 cm³/mol. The van der Waals surface area contributed by atoms with E-state index in [0.29, 0.717) is 12.5 Å². The van der Waals surface area contributed by atoms with Gasteiger partial charge in [-0.05, 0) is 43.4 Å². The molecule has 1 unspecified atom stereocenters. The van der Waals surface area contributed by atoms with E-state index in [0.717, 1.165) is 23.5 Å². The van der Waals surface area contributed by atoms with Gasteiger partial charge in [0.05, 0.1) is 5.69 Å². The molecule has 0 saturated carbocycles. The number of thiazole rings is 1. The summed E-state index contributed by atoms with van der Waals surface area (Å²) in [6.45, 7) is 2.86. The number of fused-ring (bicyclic) bond motifs is 1. The van der Waals surface area contributed by atoms with Crippen LogP contribution in [-0.4, -0.2) is 15.9 Å². The first-order chi connectivity index (χ1) is 9.76. The SMILES string of the molecule is Cc1ccccc1CC(CN)Cc1cn2ccsc2n1. The fraction of sp³-hybridized carbons (Fsp3) is 0.312. The van der Waals surface area contributed by atoms with Gasteiger partial charge in [0.25, 0.3) is 0 Å². The Morgan fingerprint density at radius 3 is 2.90 bits per heavy atom. The molecule has 0 aliphatic rings. The molecule has 0 aliphatic heterocycles. The maximum atomic E-state index is 5.96. The van der Waals surface area contributed by atoms with Gasteiger partial charge in [-0.15, -0.1) is 11.3 Å². The highest BCUT2D eigenvalue weighted by Crippen LogP contribution is 2.18. The predicted octanol–water partition coefficient (Wildman–Crippen LogP) is 3.06. The summed E-state index contributed by atoms with van der Waals surface area (Å²) in [6.07, 6.45) is 6.13. The van der Waals surface area contributed by atoms with Gasteiger partial charge in [0.2, 0.25) is 0 Å². The summed E-state index contributed by atoms with van der Waals surface area (Å²) < 4.78 is 2.08. The molecule has 3 nitrogen and oxygen atoms in total. The average Bonchev–Trinajstić information content (AvgIpc) is 3.01. The minimum Gasteiger partial charge on any atom is -0.330 e. The van der Waals surface area contributed by atoms with Crippen molar-refractivity contribution in [2.24, 2.45) is 11.7 Å². The minimum atomic E-state index is 0.445. The fourth-order valence-electron chi connectivity index (χ4n) is 2.56. The molecule has 2 N–H and O–H groups in total. The summed E-state index contributed by atoms with van der Waals surface area (Å²) in [5.74, 6) is 0.445. The number of hydrogen-bond acceptors (Lipinski definition) is 3. The van der Waals surface area contributed by atoms with Crippen molar-refractivity contribution in [3.8, 4) is 0 Å². The standard InChI is InChI=1S/C16H19N3S/c1-12-4-2-3-5-14(12)8-13(10-17)9-15-11-19-6-7-20-16(19)18-15/h2-7,11,13H,8-10,17H2,1H3. The zero-order chi connectivity index (χ0) is 13.9. The van der Waals surface area contributed by atoms with Crippen LogP contribution in [0.3, 0.4) is 0 Å². The van der Waals surface area contributed by atoms with E-state index in [1.54, 1.807) is 11.3 Å². The topological polar surface area (TPSA) is 43.3 Å². The van der Waals surface area contributed by atoms with E-state index >= 15 is 0 Å². The summed E-state index contributed by atoms with van der Waals surface area (Å²) in [7, 11) is 0. The zero-order valence-corrected chi connectivity index (χ0v) is 12.4. The van der Waals surface area contributed by atoms with Crippen molar-refractivity contribution in [3.05, 3.63) is 58.9 Å². The average molecular weight is 285 g/mol. The normalized spacial score (nSPS) is 12.9. The van der Waals surface area contributed by atoms with E-state index in [1.807, 2.05) is 0 Å². The monoisotopic (exact) mass is 285 g/mol. The van der Waals surface area contributed by atoms with Crippen LogP contribution < -0.4 is 5.73 Å². The van der Waals surface area contributed by atoms with Crippen LogP contribution in [0.1, 0.15) is 16.8 Å². The van der Waals surface area contributed by atoms with Gasteiger partial charge < -0.3 is 5.73 Å². The van der Waals surface area contributed by atoms with Crippen LogP contribution in [0.15, 0.2) is 42.0 Å². The molecule has 0 radical (unpaired) electrons. The van der Waals surface area contributed by atoms with Crippen molar-refractivity contribution in [1.29, 1.82) is 0 Å². The summed E-state index contributed by atoms with van der Waals surface area (Å²) in [5.41, 5.74) is 9.83. The van der Waals surface area contributed by atoms with Crippen molar-refractivity contribution in [3.63, 3.8) is 0 Å². The van der Waals surface area contributed by atoms with Crippen LogP contribution in [0.25, 0.3) is 4.96 Å². The highest BCUT2D eigenvalue weighted by atomic mass is 32.1. The molecular weight excluding hydrogens is 266 g/mol. The number of imidazole rings is 1. The van der Waals surface area contributed by atoms with Crippen LogP contribution in [-0.2, 0) is 12.8 Å². The Bertz CT molecular complexity index is 670. The molecule has 3 rings (SSSR count). The lowest BCUT2D eigenvalue weighted by atomic mass is 9.93. The lowest BCUT2D eigenvalue weighted by molar-refractivity contribution is 0.527. The van der Waals surface area contributed by atoms with Crippen LogP contribution in [0.5, 0.6) is 0 Å². The molecule has 3 aromatic rings. The van der Waals surface area contributed by atoms with E-state index in [4.69, 9.17) is 5.73 Å². The van der Waals surface area contributed by atoms with Crippen molar-refractivity contribution < 1.29 is 0 Å². The van der Waals surface area contributed by atoms with Gasteiger partial charge in [-0.2, -0.15) is 0 Å². The maximum absolute atomic E-state index is 5.96. The number of aromatic nitrogens is 2. The quantitative estimate of drug-likeness (QED) is 0.783. The number of aryl methyl sites for hydroxylation is 1. The highest BCUT2D eigenvalue weighted by molar-refractivity contribution is 7.15. The molecule has 0 amide bonds. The molecule has 1 aromatic carbocycles. The van der Waals surface area contributed by atoms with Gasteiger partial charge >= 0.3 is 0 Å². The lowest BCUT2D eigenvalue weighted by Crippen LogP contribution is -2.20. The Kier molecular flexibility index (Phi) is 3.85. The van der Waals surface area contributed by atoms with Crippen molar-refractivity contribution in [2.45, 2.75) is 19.8 Å². The molecule has 0 spiro atoms. The van der Waals surface area contributed by atoms with Crippen molar-refractivity contribution >= 4 is 16.3 Å². The van der Waals surface area contributed by atoms with Gasteiger partial charge in [0.15, 0.2) is 4.96 Å². The maximum Gasteiger partial charge on any atom is 0.193 e. The van der Waals surface area contributed by atoms with Crippen molar-refractivity contribution in [2.75, 3.05) is 6.54 Å². The number of nitrogens with two attached hydrogens (primary N) is 1. The first-order valence-corrected chi connectivity index (χ1v) is 7.80. The van der Waals surface area contributed by atoms with E-state index < -0.39 is 0 Å². The summed E-state index contributed by atoms with van der Waals surface area (Å²) >= 11 is 1.67. The molecule has 0 saturated heterocycles. The first-order valence-electron chi connectivity index (χ1n) is 6.92. The molecule has 0 aliphatic carbocycles. The molecule has 104 valence electrons.